The molecule has 2 aliphatic rings. The van der Waals surface area contributed by atoms with Gasteiger partial charge in [0.05, 0.1) is 25.5 Å². The molecular weight excluding hydrogens is 270 g/mol. The standard InChI is InChI=1S/C15H23N3O3/c1-12-10-18(7-9-20-12)14(19)11-17-5-2-13(3-6-17)15-16-4-8-21-15/h4,8,12-13H,2-3,5-7,9-11H2,1H3. The molecule has 116 valence electrons. The first-order valence-corrected chi connectivity index (χ1v) is 7.73. The predicted molar refractivity (Wildman–Crippen MR) is 76.9 cm³/mol. The Morgan fingerprint density at radius 1 is 1.38 bits per heavy atom. The molecule has 3 rings (SSSR count). The smallest absolute Gasteiger partial charge is 0.236 e. The van der Waals surface area contributed by atoms with Crippen LogP contribution < -0.4 is 0 Å². The number of aromatic nitrogens is 1. The van der Waals surface area contributed by atoms with Crippen molar-refractivity contribution in [2.45, 2.75) is 31.8 Å². The molecule has 0 bridgehead atoms. The molecule has 1 aromatic heterocycles. The van der Waals surface area contributed by atoms with Gasteiger partial charge in [0.2, 0.25) is 5.91 Å². The molecule has 1 unspecified atom stereocenters. The molecule has 0 spiro atoms. The van der Waals surface area contributed by atoms with Crippen molar-refractivity contribution in [1.29, 1.82) is 0 Å². The first-order chi connectivity index (χ1) is 10.2. The average Bonchev–Trinajstić information content (AvgIpc) is 3.02. The molecule has 6 heteroatoms. The van der Waals surface area contributed by atoms with E-state index in [1.807, 2.05) is 11.8 Å². The number of hydrogen-bond donors (Lipinski definition) is 0. The van der Waals surface area contributed by atoms with Gasteiger partial charge in [-0.05, 0) is 32.9 Å². The van der Waals surface area contributed by atoms with Gasteiger partial charge in [-0.15, -0.1) is 0 Å². The molecule has 0 N–H and O–H groups in total. The number of likely N-dealkylation sites (tertiary alicyclic amines) is 1. The van der Waals surface area contributed by atoms with E-state index in [-0.39, 0.29) is 12.0 Å². The highest BCUT2D eigenvalue weighted by atomic mass is 16.5. The van der Waals surface area contributed by atoms with E-state index >= 15 is 0 Å². The maximum absolute atomic E-state index is 12.3. The third-order valence-corrected chi connectivity index (χ3v) is 4.34. The maximum atomic E-state index is 12.3. The minimum atomic E-state index is 0.151. The normalized spacial score (nSPS) is 25.2. The summed E-state index contributed by atoms with van der Waals surface area (Å²) in [5.74, 6) is 1.46. The fraction of sp³-hybridized carbons (Fsp3) is 0.733. The first-order valence-electron chi connectivity index (χ1n) is 7.73. The van der Waals surface area contributed by atoms with Gasteiger partial charge in [0.1, 0.15) is 6.26 Å². The molecule has 3 heterocycles. The first kappa shape index (κ1) is 14.5. The van der Waals surface area contributed by atoms with Crippen molar-refractivity contribution >= 4 is 5.91 Å². The van der Waals surface area contributed by atoms with Crippen molar-refractivity contribution in [2.75, 3.05) is 39.3 Å². The van der Waals surface area contributed by atoms with Gasteiger partial charge in [-0.2, -0.15) is 0 Å². The second-order valence-electron chi connectivity index (χ2n) is 5.94. The highest BCUT2D eigenvalue weighted by molar-refractivity contribution is 5.78. The molecule has 6 nitrogen and oxygen atoms in total. The fourth-order valence-corrected chi connectivity index (χ4v) is 3.11. The SMILES string of the molecule is CC1CN(C(=O)CN2CCC(c3ncco3)CC2)CCO1. The predicted octanol–water partition coefficient (Wildman–Crippen LogP) is 1.10. The summed E-state index contributed by atoms with van der Waals surface area (Å²) in [4.78, 5) is 20.7. The number of piperidine rings is 1. The lowest BCUT2D eigenvalue weighted by molar-refractivity contribution is -0.139. The number of morpholine rings is 1. The van der Waals surface area contributed by atoms with Crippen molar-refractivity contribution < 1.29 is 13.9 Å². The van der Waals surface area contributed by atoms with Crippen LogP contribution in [-0.4, -0.2) is 66.1 Å². The topological polar surface area (TPSA) is 58.8 Å². The molecule has 2 fully saturated rings. The van der Waals surface area contributed by atoms with Crippen LogP contribution in [0.5, 0.6) is 0 Å². The van der Waals surface area contributed by atoms with Gasteiger partial charge in [0, 0.05) is 19.0 Å². The van der Waals surface area contributed by atoms with Gasteiger partial charge in [-0.3, -0.25) is 9.69 Å². The van der Waals surface area contributed by atoms with Crippen molar-refractivity contribution in [3.8, 4) is 0 Å². The van der Waals surface area contributed by atoms with E-state index in [1.165, 1.54) is 0 Å². The van der Waals surface area contributed by atoms with Crippen LogP contribution in [0, 0.1) is 0 Å². The summed E-state index contributed by atoms with van der Waals surface area (Å²) in [7, 11) is 0. The van der Waals surface area contributed by atoms with Gasteiger partial charge in [-0.1, -0.05) is 0 Å². The van der Waals surface area contributed by atoms with E-state index in [4.69, 9.17) is 9.15 Å². The molecule has 0 aliphatic carbocycles. The largest absolute Gasteiger partial charge is 0.449 e. The summed E-state index contributed by atoms with van der Waals surface area (Å²) in [6.07, 6.45) is 5.49. The number of hydrogen-bond acceptors (Lipinski definition) is 5. The molecule has 0 radical (unpaired) electrons. The Morgan fingerprint density at radius 2 is 2.19 bits per heavy atom. The molecule has 0 aromatic carbocycles. The van der Waals surface area contributed by atoms with Crippen LogP contribution in [0.3, 0.4) is 0 Å². The summed E-state index contributed by atoms with van der Waals surface area (Å²) < 4.78 is 10.9. The average molecular weight is 293 g/mol. The number of carbonyl (C=O) groups excluding carboxylic acids is 1. The van der Waals surface area contributed by atoms with Crippen LogP contribution in [0.4, 0.5) is 0 Å². The van der Waals surface area contributed by atoms with Crippen molar-refractivity contribution in [1.82, 2.24) is 14.8 Å². The third kappa shape index (κ3) is 3.63. The Labute approximate surface area is 125 Å². The molecule has 21 heavy (non-hydrogen) atoms. The van der Waals surface area contributed by atoms with Gasteiger partial charge in [-0.25, -0.2) is 4.98 Å². The fourth-order valence-electron chi connectivity index (χ4n) is 3.11. The lowest BCUT2D eigenvalue weighted by Crippen LogP contribution is -2.49. The van der Waals surface area contributed by atoms with Crippen molar-refractivity contribution in [3.05, 3.63) is 18.4 Å². The Bertz CT molecular complexity index is 455. The van der Waals surface area contributed by atoms with Crippen molar-refractivity contribution in [3.63, 3.8) is 0 Å². The van der Waals surface area contributed by atoms with Crippen LogP contribution in [0.15, 0.2) is 16.9 Å². The summed E-state index contributed by atoms with van der Waals surface area (Å²) in [6.45, 7) is 6.48. The Morgan fingerprint density at radius 3 is 2.86 bits per heavy atom. The number of nitrogens with zero attached hydrogens (tertiary/aromatic N) is 3. The number of amides is 1. The highest BCUT2D eigenvalue weighted by Crippen LogP contribution is 2.26. The monoisotopic (exact) mass is 293 g/mol. The minimum Gasteiger partial charge on any atom is -0.449 e. The summed E-state index contributed by atoms with van der Waals surface area (Å²) in [5.41, 5.74) is 0. The van der Waals surface area contributed by atoms with Crippen LogP contribution in [0.25, 0.3) is 0 Å². The van der Waals surface area contributed by atoms with Crippen LogP contribution in [0.2, 0.25) is 0 Å². The molecule has 2 saturated heterocycles. The van der Waals surface area contributed by atoms with Gasteiger partial charge < -0.3 is 14.1 Å². The number of rotatable bonds is 3. The van der Waals surface area contributed by atoms with Gasteiger partial charge >= 0.3 is 0 Å². The van der Waals surface area contributed by atoms with Crippen molar-refractivity contribution in [2.24, 2.45) is 0 Å². The molecule has 2 aliphatic heterocycles. The van der Waals surface area contributed by atoms with Gasteiger partial charge in [0.25, 0.3) is 0 Å². The Hall–Kier alpha value is -1.40. The van der Waals surface area contributed by atoms with Crippen LogP contribution in [0.1, 0.15) is 31.6 Å². The van der Waals surface area contributed by atoms with Crippen LogP contribution in [-0.2, 0) is 9.53 Å². The lowest BCUT2D eigenvalue weighted by Gasteiger charge is -2.35. The van der Waals surface area contributed by atoms with E-state index in [0.717, 1.165) is 38.4 Å². The minimum absolute atomic E-state index is 0.151. The molecule has 1 amide bonds. The number of oxazole rings is 1. The van der Waals surface area contributed by atoms with E-state index in [1.54, 1.807) is 12.5 Å². The zero-order valence-corrected chi connectivity index (χ0v) is 12.5. The van der Waals surface area contributed by atoms with Gasteiger partial charge in [0.15, 0.2) is 5.89 Å². The van der Waals surface area contributed by atoms with E-state index in [0.29, 0.717) is 25.6 Å². The van der Waals surface area contributed by atoms with E-state index in [2.05, 4.69) is 9.88 Å². The zero-order chi connectivity index (χ0) is 14.7. The Balaban J connectivity index is 1.45. The molecule has 0 saturated carbocycles. The summed E-state index contributed by atoms with van der Waals surface area (Å²) >= 11 is 0. The van der Waals surface area contributed by atoms with E-state index < -0.39 is 0 Å². The lowest BCUT2D eigenvalue weighted by atomic mass is 9.97. The second-order valence-corrected chi connectivity index (χ2v) is 5.94. The maximum Gasteiger partial charge on any atom is 0.236 e. The molecule has 1 atom stereocenters. The Kier molecular flexibility index (Phi) is 4.55. The summed E-state index contributed by atoms with van der Waals surface area (Å²) in [6, 6.07) is 0. The highest BCUT2D eigenvalue weighted by Gasteiger charge is 2.27. The van der Waals surface area contributed by atoms with Crippen LogP contribution >= 0.6 is 0 Å². The zero-order valence-electron chi connectivity index (χ0n) is 12.5. The number of ether oxygens (including phenoxy) is 1. The number of carbonyl (C=O) groups is 1. The summed E-state index contributed by atoms with van der Waals surface area (Å²) in [5, 5.41) is 0. The quantitative estimate of drug-likeness (QED) is 0.835. The molecular formula is C15H23N3O3. The third-order valence-electron chi connectivity index (χ3n) is 4.34. The van der Waals surface area contributed by atoms with E-state index in [9.17, 15) is 4.79 Å². The second kappa shape index (κ2) is 6.58. The molecule has 1 aromatic rings.